The highest BCUT2D eigenvalue weighted by molar-refractivity contribution is 5.82. The molecule has 25 heavy (non-hydrogen) atoms. The molecule has 1 aliphatic heterocycles. The Hall–Kier alpha value is -2.82. The fourth-order valence-corrected chi connectivity index (χ4v) is 2.97. The van der Waals surface area contributed by atoms with Crippen molar-refractivity contribution >= 4 is 11.9 Å². The molecule has 2 aromatic rings. The Balaban J connectivity index is 1.72. The number of carbonyl (C=O) groups excluding carboxylic acids is 2. The van der Waals surface area contributed by atoms with Crippen LogP contribution in [0.15, 0.2) is 54.6 Å². The van der Waals surface area contributed by atoms with Crippen molar-refractivity contribution in [3.8, 4) is 5.75 Å². The van der Waals surface area contributed by atoms with Crippen LogP contribution >= 0.6 is 0 Å². The van der Waals surface area contributed by atoms with Crippen molar-refractivity contribution in [2.24, 2.45) is 0 Å². The van der Waals surface area contributed by atoms with Gasteiger partial charge in [0.1, 0.15) is 18.1 Å². The molecule has 0 bridgehead atoms. The molecule has 1 aliphatic rings. The number of benzene rings is 2. The summed E-state index contributed by atoms with van der Waals surface area (Å²) in [7, 11) is 1.60. The maximum atomic E-state index is 12.6. The molecule has 5 nitrogen and oxygen atoms in total. The average Bonchev–Trinajstić information content (AvgIpc) is 2.67. The SMILES string of the molecule is COc1ccc([C@H]2CC(=O)CCN2C(=O)OCc2ccccc2)cc1. The second kappa shape index (κ2) is 7.83. The van der Waals surface area contributed by atoms with Crippen molar-refractivity contribution in [2.75, 3.05) is 13.7 Å². The molecule has 3 rings (SSSR count). The summed E-state index contributed by atoms with van der Waals surface area (Å²) >= 11 is 0. The molecule has 1 atom stereocenters. The molecule has 0 radical (unpaired) electrons. The number of piperidine rings is 1. The molecule has 0 aliphatic carbocycles. The summed E-state index contributed by atoms with van der Waals surface area (Å²) in [6, 6.07) is 16.7. The Morgan fingerprint density at radius 3 is 2.52 bits per heavy atom. The van der Waals surface area contributed by atoms with Gasteiger partial charge in [0.25, 0.3) is 0 Å². The Morgan fingerprint density at radius 2 is 1.84 bits per heavy atom. The van der Waals surface area contributed by atoms with Crippen LogP contribution < -0.4 is 4.74 Å². The molecule has 0 aromatic heterocycles. The first kappa shape index (κ1) is 17.0. The molecule has 0 unspecified atom stereocenters. The monoisotopic (exact) mass is 339 g/mol. The number of nitrogens with zero attached hydrogens (tertiary/aromatic N) is 1. The molecule has 1 heterocycles. The molecule has 0 saturated carbocycles. The normalized spacial score (nSPS) is 17.2. The van der Waals surface area contributed by atoms with Gasteiger partial charge in [0, 0.05) is 19.4 Å². The van der Waals surface area contributed by atoms with E-state index in [0.29, 0.717) is 19.4 Å². The van der Waals surface area contributed by atoms with Gasteiger partial charge in [-0.05, 0) is 23.3 Å². The van der Waals surface area contributed by atoms with Crippen molar-refractivity contribution in [2.45, 2.75) is 25.5 Å². The van der Waals surface area contributed by atoms with E-state index in [2.05, 4.69) is 0 Å². The first-order valence-electron chi connectivity index (χ1n) is 8.30. The molecule has 130 valence electrons. The summed E-state index contributed by atoms with van der Waals surface area (Å²) in [4.78, 5) is 26.1. The summed E-state index contributed by atoms with van der Waals surface area (Å²) in [5.74, 6) is 0.900. The zero-order valence-corrected chi connectivity index (χ0v) is 14.2. The van der Waals surface area contributed by atoms with Crippen LogP contribution in [-0.2, 0) is 16.1 Å². The van der Waals surface area contributed by atoms with Crippen LogP contribution in [0.25, 0.3) is 0 Å². The lowest BCUT2D eigenvalue weighted by Gasteiger charge is -2.34. The Morgan fingerprint density at radius 1 is 1.12 bits per heavy atom. The van der Waals surface area contributed by atoms with Crippen LogP contribution in [0, 0.1) is 0 Å². The minimum absolute atomic E-state index is 0.160. The number of Topliss-reactive ketones (excluding diaryl/α,β-unsaturated/α-hetero) is 1. The topological polar surface area (TPSA) is 55.8 Å². The number of ketones is 1. The van der Waals surface area contributed by atoms with Crippen LogP contribution in [0.5, 0.6) is 5.75 Å². The number of hydrogen-bond acceptors (Lipinski definition) is 4. The molecule has 2 aromatic carbocycles. The third-order valence-electron chi connectivity index (χ3n) is 4.37. The van der Waals surface area contributed by atoms with Gasteiger partial charge in [-0.3, -0.25) is 4.79 Å². The van der Waals surface area contributed by atoms with Crippen molar-refractivity contribution in [3.05, 3.63) is 65.7 Å². The van der Waals surface area contributed by atoms with Gasteiger partial charge in [-0.15, -0.1) is 0 Å². The summed E-state index contributed by atoms with van der Waals surface area (Å²) in [6.07, 6.45) is 0.289. The summed E-state index contributed by atoms with van der Waals surface area (Å²) in [5, 5.41) is 0. The molecule has 0 N–H and O–H groups in total. The van der Waals surface area contributed by atoms with E-state index >= 15 is 0 Å². The van der Waals surface area contributed by atoms with Gasteiger partial charge in [-0.1, -0.05) is 42.5 Å². The number of ether oxygens (including phenoxy) is 2. The smallest absolute Gasteiger partial charge is 0.410 e. The number of hydrogen-bond donors (Lipinski definition) is 0. The van der Waals surface area contributed by atoms with Crippen LogP contribution in [0.4, 0.5) is 4.79 Å². The van der Waals surface area contributed by atoms with E-state index in [1.165, 1.54) is 0 Å². The first-order valence-corrected chi connectivity index (χ1v) is 8.30. The zero-order chi connectivity index (χ0) is 17.6. The van der Waals surface area contributed by atoms with Gasteiger partial charge in [-0.25, -0.2) is 4.79 Å². The third-order valence-corrected chi connectivity index (χ3v) is 4.37. The predicted octanol–water partition coefficient (Wildman–Crippen LogP) is 3.74. The van der Waals surface area contributed by atoms with E-state index in [0.717, 1.165) is 16.9 Å². The molecule has 1 fully saturated rings. The van der Waals surface area contributed by atoms with Crippen LogP contribution in [0.3, 0.4) is 0 Å². The number of amides is 1. The van der Waals surface area contributed by atoms with Crippen molar-refractivity contribution in [3.63, 3.8) is 0 Å². The average molecular weight is 339 g/mol. The van der Waals surface area contributed by atoms with Crippen molar-refractivity contribution in [1.29, 1.82) is 0 Å². The molecule has 0 spiro atoms. The maximum Gasteiger partial charge on any atom is 0.410 e. The Bertz CT molecular complexity index is 727. The second-order valence-electron chi connectivity index (χ2n) is 6.02. The lowest BCUT2D eigenvalue weighted by molar-refractivity contribution is -0.122. The summed E-state index contributed by atoms with van der Waals surface area (Å²) in [6.45, 7) is 0.600. The van der Waals surface area contributed by atoms with Gasteiger partial charge in [0.2, 0.25) is 0 Å². The Kier molecular flexibility index (Phi) is 5.33. The van der Waals surface area contributed by atoms with Gasteiger partial charge in [-0.2, -0.15) is 0 Å². The molecule has 1 saturated heterocycles. The van der Waals surface area contributed by atoms with Gasteiger partial charge in [0.05, 0.1) is 13.2 Å². The molecular formula is C20H21NO4. The summed E-state index contributed by atoms with van der Waals surface area (Å²) in [5.41, 5.74) is 1.84. The molecular weight excluding hydrogens is 318 g/mol. The summed E-state index contributed by atoms with van der Waals surface area (Å²) < 4.78 is 10.6. The van der Waals surface area contributed by atoms with Gasteiger partial charge < -0.3 is 14.4 Å². The zero-order valence-electron chi connectivity index (χ0n) is 14.2. The highest BCUT2D eigenvalue weighted by atomic mass is 16.6. The fourth-order valence-electron chi connectivity index (χ4n) is 2.97. The van der Waals surface area contributed by atoms with Gasteiger partial charge in [0.15, 0.2) is 0 Å². The highest BCUT2D eigenvalue weighted by Gasteiger charge is 2.32. The van der Waals surface area contributed by atoms with E-state index in [1.54, 1.807) is 12.0 Å². The minimum atomic E-state index is -0.392. The minimum Gasteiger partial charge on any atom is -0.497 e. The number of likely N-dealkylation sites (tertiary alicyclic amines) is 1. The molecule has 1 amide bonds. The quantitative estimate of drug-likeness (QED) is 0.851. The van der Waals surface area contributed by atoms with Crippen molar-refractivity contribution in [1.82, 2.24) is 4.90 Å². The first-order chi connectivity index (χ1) is 12.2. The van der Waals surface area contributed by atoms with E-state index in [4.69, 9.17) is 9.47 Å². The van der Waals surface area contributed by atoms with E-state index in [-0.39, 0.29) is 18.4 Å². The second-order valence-corrected chi connectivity index (χ2v) is 6.02. The standard InChI is InChI=1S/C20H21NO4/c1-24-18-9-7-16(8-10-18)19-13-17(22)11-12-21(19)20(23)25-14-15-5-3-2-4-6-15/h2-10,19H,11-14H2,1H3/t19-/m1/s1. The molecule has 5 heteroatoms. The largest absolute Gasteiger partial charge is 0.497 e. The maximum absolute atomic E-state index is 12.6. The van der Waals surface area contributed by atoms with E-state index in [1.807, 2.05) is 54.6 Å². The van der Waals surface area contributed by atoms with Crippen molar-refractivity contribution < 1.29 is 19.1 Å². The lowest BCUT2D eigenvalue weighted by atomic mass is 9.95. The fraction of sp³-hybridized carbons (Fsp3) is 0.300. The lowest BCUT2D eigenvalue weighted by Crippen LogP contribution is -2.41. The highest BCUT2D eigenvalue weighted by Crippen LogP contribution is 2.31. The number of methoxy groups -OCH3 is 1. The van der Waals surface area contributed by atoms with E-state index < -0.39 is 6.09 Å². The number of carbonyl (C=O) groups is 2. The number of rotatable bonds is 4. The van der Waals surface area contributed by atoms with Crippen LogP contribution in [0.2, 0.25) is 0 Å². The third kappa shape index (κ3) is 4.18. The predicted molar refractivity (Wildman–Crippen MR) is 93.3 cm³/mol. The van der Waals surface area contributed by atoms with E-state index in [9.17, 15) is 9.59 Å². The Labute approximate surface area is 147 Å². The van der Waals surface area contributed by atoms with Gasteiger partial charge >= 0.3 is 6.09 Å². The van der Waals surface area contributed by atoms with Crippen LogP contribution in [0.1, 0.15) is 30.0 Å². The van der Waals surface area contributed by atoms with Crippen LogP contribution in [-0.4, -0.2) is 30.4 Å².